The van der Waals surface area contributed by atoms with Gasteiger partial charge in [-0.05, 0) is 12.8 Å². The Morgan fingerprint density at radius 2 is 2.17 bits per heavy atom. The van der Waals surface area contributed by atoms with Crippen LogP contribution in [0, 0.1) is 0 Å². The fraction of sp³-hybridized carbons (Fsp3) is 0.769. The monoisotopic (exact) mass is 255 g/mol. The zero-order valence-corrected chi connectivity index (χ0v) is 11.5. The van der Waals surface area contributed by atoms with Gasteiger partial charge in [0.2, 0.25) is 0 Å². The van der Waals surface area contributed by atoms with E-state index >= 15 is 0 Å². The van der Waals surface area contributed by atoms with Crippen LogP contribution in [0.3, 0.4) is 0 Å². The van der Waals surface area contributed by atoms with Gasteiger partial charge in [0.15, 0.2) is 0 Å². The molecule has 104 valence electrons. The molecule has 1 heterocycles. The molecule has 0 aliphatic carbocycles. The third-order valence-electron chi connectivity index (χ3n) is 3.06. The Hall–Kier alpha value is -1.07. The van der Waals surface area contributed by atoms with Crippen molar-refractivity contribution in [1.82, 2.24) is 15.1 Å². The number of carbonyl (C=O) groups is 1. The summed E-state index contributed by atoms with van der Waals surface area (Å²) >= 11 is 0. The number of piperidine rings is 1. The first-order chi connectivity index (χ1) is 8.65. The van der Waals surface area contributed by atoms with Crippen LogP contribution < -0.4 is 5.32 Å². The van der Waals surface area contributed by atoms with E-state index < -0.39 is 0 Å². The van der Waals surface area contributed by atoms with Gasteiger partial charge in [0.05, 0.1) is 13.2 Å². The van der Waals surface area contributed by atoms with Gasteiger partial charge in [-0.2, -0.15) is 0 Å². The lowest BCUT2D eigenvalue weighted by atomic mass is 10.1. The second kappa shape index (κ2) is 8.11. The van der Waals surface area contributed by atoms with Gasteiger partial charge in [0, 0.05) is 39.8 Å². The minimum absolute atomic E-state index is 0.114. The molecule has 0 aromatic rings. The van der Waals surface area contributed by atoms with Crippen LogP contribution in [0.1, 0.15) is 12.8 Å². The highest BCUT2D eigenvalue weighted by molar-refractivity contribution is 5.73. The topological polar surface area (TPSA) is 44.8 Å². The standard InChI is InChI=1S/C13H25N3O2/c1-4-10-18-11-7-14-12-5-8-16(9-6-12)13(17)15(2)3/h4,12,14H,1,5-11H2,2-3H3. The summed E-state index contributed by atoms with van der Waals surface area (Å²) in [6.07, 6.45) is 3.79. The Kier molecular flexibility index (Phi) is 6.75. The number of rotatable bonds is 6. The maximum absolute atomic E-state index is 11.7. The van der Waals surface area contributed by atoms with Gasteiger partial charge in [-0.15, -0.1) is 6.58 Å². The smallest absolute Gasteiger partial charge is 0.319 e. The molecule has 0 atom stereocenters. The molecule has 0 radical (unpaired) electrons. The van der Waals surface area contributed by atoms with Gasteiger partial charge in [-0.1, -0.05) is 6.08 Å². The SMILES string of the molecule is C=CCOCCNC1CCN(C(=O)N(C)C)CC1. The van der Waals surface area contributed by atoms with E-state index in [1.165, 1.54) is 0 Å². The molecule has 0 saturated carbocycles. The van der Waals surface area contributed by atoms with Crippen molar-refractivity contribution in [3.63, 3.8) is 0 Å². The lowest BCUT2D eigenvalue weighted by Crippen LogP contribution is -2.48. The van der Waals surface area contributed by atoms with Crippen LogP contribution >= 0.6 is 0 Å². The number of urea groups is 1. The Labute approximate surface area is 110 Å². The molecule has 0 bridgehead atoms. The van der Waals surface area contributed by atoms with Gasteiger partial charge in [0.25, 0.3) is 0 Å². The molecule has 0 unspecified atom stereocenters. The molecular weight excluding hydrogens is 230 g/mol. The predicted molar refractivity (Wildman–Crippen MR) is 72.7 cm³/mol. The van der Waals surface area contributed by atoms with Crippen LogP contribution in [0.25, 0.3) is 0 Å². The first-order valence-electron chi connectivity index (χ1n) is 6.53. The number of hydrogen-bond donors (Lipinski definition) is 1. The molecule has 5 heteroatoms. The van der Waals surface area contributed by atoms with Crippen molar-refractivity contribution in [1.29, 1.82) is 0 Å². The maximum atomic E-state index is 11.7. The second-order valence-corrected chi connectivity index (χ2v) is 4.76. The van der Waals surface area contributed by atoms with E-state index in [0.29, 0.717) is 19.3 Å². The molecule has 1 fully saturated rings. The van der Waals surface area contributed by atoms with E-state index in [9.17, 15) is 4.79 Å². The van der Waals surface area contributed by atoms with Gasteiger partial charge in [-0.25, -0.2) is 4.79 Å². The fourth-order valence-corrected chi connectivity index (χ4v) is 2.06. The Morgan fingerprint density at radius 1 is 1.50 bits per heavy atom. The number of likely N-dealkylation sites (tertiary alicyclic amines) is 1. The van der Waals surface area contributed by atoms with Crippen LogP contribution in [0.5, 0.6) is 0 Å². The number of ether oxygens (including phenoxy) is 1. The van der Waals surface area contributed by atoms with Crippen molar-refractivity contribution in [2.45, 2.75) is 18.9 Å². The molecule has 0 aromatic carbocycles. The number of amides is 2. The Balaban J connectivity index is 2.12. The molecule has 1 saturated heterocycles. The number of nitrogens with zero attached hydrogens (tertiary/aromatic N) is 2. The van der Waals surface area contributed by atoms with Crippen LogP contribution in [-0.4, -0.2) is 68.8 Å². The fourth-order valence-electron chi connectivity index (χ4n) is 2.06. The molecule has 18 heavy (non-hydrogen) atoms. The summed E-state index contributed by atoms with van der Waals surface area (Å²) in [5.74, 6) is 0. The van der Waals surface area contributed by atoms with E-state index in [4.69, 9.17) is 4.74 Å². The predicted octanol–water partition coefficient (Wildman–Crippen LogP) is 0.925. The van der Waals surface area contributed by atoms with E-state index in [1.807, 2.05) is 4.90 Å². The molecule has 5 nitrogen and oxygen atoms in total. The van der Waals surface area contributed by atoms with Crippen LogP contribution in [0.15, 0.2) is 12.7 Å². The minimum Gasteiger partial charge on any atom is -0.376 e. The summed E-state index contributed by atoms with van der Waals surface area (Å²) in [4.78, 5) is 15.3. The minimum atomic E-state index is 0.114. The molecule has 1 aliphatic rings. The summed E-state index contributed by atoms with van der Waals surface area (Å²) in [6.45, 7) is 7.45. The molecule has 0 aromatic heterocycles. The molecular formula is C13H25N3O2. The first kappa shape index (κ1) is 15.0. The van der Waals surface area contributed by atoms with Gasteiger partial charge >= 0.3 is 6.03 Å². The third kappa shape index (κ3) is 5.06. The van der Waals surface area contributed by atoms with Crippen molar-refractivity contribution < 1.29 is 9.53 Å². The summed E-state index contributed by atoms with van der Waals surface area (Å²) in [6, 6.07) is 0.617. The molecule has 0 spiro atoms. The van der Waals surface area contributed by atoms with E-state index in [2.05, 4.69) is 11.9 Å². The lowest BCUT2D eigenvalue weighted by molar-refractivity contribution is 0.142. The van der Waals surface area contributed by atoms with E-state index in [1.54, 1.807) is 25.1 Å². The van der Waals surface area contributed by atoms with Crippen LogP contribution in [0.4, 0.5) is 4.79 Å². The quantitative estimate of drug-likeness (QED) is 0.567. The van der Waals surface area contributed by atoms with E-state index in [-0.39, 0.29) is 6.03 Å². The maximum Gasteiger partial charge on any atom is 0.319 e. The molecule has 1 aliphatic heterocycles. The number of hydrogen-bond acceptors (Lipinski definition) is 3. The summed E-state index contributed by atoms with van der Waals surface area (Å²) < 4.78 is 5.31. The highest BCUT2D eigenvalue weighted by atomic mass is 16.5. The summed E-state index contributed by atoms with van der Waals surface area (Å²) in [5.41, 5.74) is 0. The molecule has 1 N–H and O–H groups in total. The molecule has 1 rings (SSSR count). The van der Waals surface area contributed by atoms with Crippen molar-refractivity contribution in [3.8, 4) is 0 Å². The second-order valence-electron chi connectivity index (χ2n) is 4.76. The number of nitrogens with one attached hydrogen (secondary N) is 1. The van der Waals surface area contributed by atoms with Gasteiger partial charge < -0.3 is 19.9 Å². The van der Waals surface area contributed by atoms with Crippen molar-refractivity contribution >= 4 is 6.03 Å². The zero-order chi connectivity index (χ0) is 13.4. The van der Waals surface area contributed by atoms with Crippen molar-refractivity contribution in [3.05, 3.63) is 12.7 Å². The number of carbonyl (C=O) groups excluding carboxylic acids is 1. The summed E-state index contributed by atoms with van der Waals surface area (Å²) in [5, 5.41) is 3.46. The van der Waals surface area contributed by atoms with Gasteiger partial charge in [0.1, 0.15) is 0 Å². The van der Waals surface area contributed by atoms with E-state index in [0.717, 1.165) is 32.5 Å². The zero-order valence-electron chi connectivity index (χ0n) is 11.5. The Morgan fingerprint density at radius 3 is 2.72 bits per heavy atom. The third-order valence-corrected chi connectivity index (χ3v) is 3.06. The highest BCUT2D eigenvalue weighted by Gasteiger charge is 2.22. The average Bonchev–Trinajstić information content (AvgIpc) is 2.38. The average molecular weight is 255 g/mol. The normalized spacial score (nSPS) is 16.7. The largest absolute Gasteiger partial charge is 0.376 e. The molecule has 2 amide bonds. The van der Waals surface area contributed by atoms with Gasteiger partial charge in [-0.3, -0.25) is 0 Å². The summed E-state index contributed by atoms with van der Waals surface area (Å²) in [7, 11) is 3.59. The lowest BCUT2D eigenvalue weighted by Gasteiger charge is -2.34. The van der Waals surface area contributed by atoms with Crippen molar-refractivity contribution in [2.24, 2.45) is 0 Å². The first-order valence-corrected chi connectivity index (χ1v) is 6.53. The van der Waals surface area contributed by atoms with Crippen LogP contribution in [-0.2, 0) is 4.74 Å². The van der Waals surface area contributed by atoms with Crippen LogP contribution in [0.2, 0.25) is 0 Å². The van der Waals surface area contributed by atoms with Crippen molar-refractivity contribution in [2.75, 3.05) is 46.9 Å². The highest BCUT2D eigenvalue weighted by Crippen LogP contribution is 2.11. The Bertz CT molecular complexity index is 261.